The summed E-state index contributed by atoms with van der Waals surface area (Å²) in [6.45, 7) is 8.48. The summed E-state index contributed by atoms with van der Waals surface area (Å²) in [5.74, 6) is -1.80. The van der Waals surface area contributed by atoms with Crippen LogP contribution in [0.2, 0.25) is 0 Å². The minimum atomic E-state index is -1.16. The second kappa shape index (κ2) is 11.8. The van der Waals surface area contributed by atoms with Gasteiger partial charge in [-0.3, -0.25) is 24.5 Å². The van der Waals surface area contributed by atoms with E-state index in [0.717, 1.165) is 68.9 Å². The van der Waals surface area contributed by atoms with Gasteiger partial charge in [-0.2, -0.15) is 0 Å². The molecule has 9 heteroatoms. The molecule has 4 aliphatic carbocycles. The van der Waals surface area contributed by atoms with Crippen molar-refractivity contribution in [3.63, 3.8) is 0 Å². The van der Waals surface area contributed by atoms with E-state index in [0.29, 0.717) is 12.1 Å². The van der Waals surface area contributed by atoms with Crippen LogP contribution in [0.5, 0.6) is 5.75 Å². The number of phenolic OH excluding ortho intramolecular Hbond substituents is 1. The lowest BCUT2D eigenvalue weighted by atomic mass is 9.49. The van der Waals surface area contributed by atoms with Gasteiger partial charge in [0.2, 0.25) is 17.7 Å². The molecule has 2 fully saturated rings. The molecule has 0 aromatic heterocycles. The fourth-order valence-electron chi connectivity index (χ4n) is 10.4. The molecule has 7 atom stereocenters. The highest BCUT2D eigenvalue weighted by atomic mass is 16.4. The molecule has 2 aromatic rings. The van der Waals surface area contributed by atoms with Crippen molar-refractivity contribution in [2.45, 2.75) is 115 Å². The second-order valence-corrected chi connectivity index (χ2v) is 15.7. The number of carbonyl (C=O) groups excluding carboxylic acids is 3. The zero-order valence-electron chi connectivity index (χ0n) is 28.1. The maximum atomic E-state index is 14.4. The van der Waals surface area contributed by atoms with Crippen LogP contribution in [0.15, 0.2) is 36.4 Å². The van der Waals surface area contributed by atoms with Crippen molar-refractivity contribution in [3.05, 3.63) is 58.7 Å². The van der Waals surface area contributed by atoms with Crippen molar-refractivity contribution in [3.8, 4) is 5.75 Å². The van der Waals surface area contributed by atoms with E-state index in [4.69, 9.17) is 10.8 Å². The number of nitrogens with one attached hydrogen (secondary N) is 2. The van der Waals surface area contributed by atoms with Gasteiger partial charge in [-0.05, 0) is 121 Å². The predicted octanol–water partition coefficient (Wildman–Crippen LogP) is 5.50. The highest BCUT2D eigenvalue weighted by molar-refractivity contribution is 6.01. The van der Waals surface area contributed by atoms with Gasteiger partial charge in [-0.25, -0.2) is 0 Å². The minimum absolute atomic E-state index is 0.0155. The molecule has 2 aromatic carbocycles. The summed E-state index contributed by atoms with van der Waals surface area (Å²) in [5, 5.41) is 25.1. The number of hydrogen-bond donors (Lipinski definition) is 5. The third-order valence-corrected chi connectivity index (χ3v) is 13.0. The van der Waals surface area contributed by atoms with Gasteiger partial charge in [0.15, 0.2) is 0 Å². The normalized spacial score (nSPS) is 33.2. The number of benzene rings is 2. The first-order valence-corrected chi connectivity index (χ1v) is 17.2. The lowest BCUT2D eigenvalue weighted by molar-refractivity contribution is -0.150. The Morgan fingerprint density at radius 1 is 0.809 bits per heavy atom. The number of hydrogen-bond acceptors (Lipinski definition) is 6. The molecule has 0 bridgehead atoms. The lowest BCUT2D eigenvalue weighted by Gasteiger charge is -2.56. The number of carboxylic acid groups (broad SMARTS) is 1. The van der Waals surface area contributed by atoms with Crippen molar-refractivity contribution >= 4 is 29.4 Å². The number of aromatic hydroxyl groups is 1. The maximum Gasteiger partial charge on any atom is 0.305 e. The number of carboxylic acids is 1. The number of anilines is 1. The largest absolute Gasteiger partial charge is 0.508 e. The number of aliphatic carboxylic acids is 1. The van der Waals surface area contributed by atoms with Gasteiger partial charge in [0.25, 0.3) is 0 Å². The van der Waals surface area contributed by atoms with Crippen LogP contribution >= 0.6 is 0 Å². The Morgan fingerprint density at radius 3 is 1.85 bits per heavy atom. The van der Waals surface area contributed by atoms with Gasteiger partial charge in [-0.1, -0.05) is 52.7 Å². The van der Waals surface area contributed by atoms with E-state index in [-0.39, 0.29) is 40.2 Å². The molecular formula is C38H49N3O6. The molecule has 3 amide bonds. The third-order valence-electron chi connectivity index (χ3n) is 13.0. The number of rotatable bonds is 6. The van der Waals surface area contributed by atoms with Crippen molar-refractivity contribution in [2.75, 3.05) is 5.32 Å². The van der Waals surface area contributed by atoms with Crippen LogP contribution in [0.3, 0.4) is 0 Å². The Bertz CT molecular complexity index is 1640. The van der Waals surface area contributed by atoms with Gasteiger partial charge < -0.3 is 21.3 Å². The molecule has 6 N–H and O–H groups in total. The Morgan fingerprint density at radius 2 is 1.32 bits per heavy atom. The minimum Gasteiger partial charge on any atom is -0.508 e. The molecule has 0 radical (unpaired) electrons. The summed E-state index contributed by atoms with van der Waals surface area (Å²) in [4.78, 5) is 52.4. The van der Waals surface area contributed by atoms with E-state index in [2.05, 4.69) is 24.5 Å². The molecule has 0 spiro atoms. The summed E-state index contributed by atoms with van der Waals surface area (Å²) in [6.07, 6.45) is 7.76. The van der Waals surface area contributed by atoms with E-state index >= 15 is 0 Å². The fraction of sp³-hybridized carbons (Fsp3) is 0.579. The van der Waals surface area contributed by atoms with Crippen molar-refractivity contribution in [1.82, 2.24) is 5.32 Å². The number of fused-ring (bicyclic) bond motifs is 6. The zero-order chi connectivity index (χ0) is 33.9. The number of nitrogens with two attached hydrogens (primary N) is 1. The van der Waals surface area contributed by atoms with Crippen LogP contribution in [-0.4, -0.2) is 39.9 Å². The summed E-state index contributed by atoms with van der Waals surface area (Å²) >= 11 is 0. The smallest absolute Gasteiger partial charge is 0.305 e. The van der Waals surface area contributed by atoms with Gasteiger partial charge >= 0.3 is 5.97 Å². The van der Waals surface area contributed by atoms with E-state index < -0.39 is 35.2 Å². The van der Waals surface area contributed by atoms with Crippen LogP contribution in [-0.2, 0) is 42.8 Å². The molecule has 0 heterocycles. The molecule has 0 aliphatic heterocycles. The molecule has 4 aliphatic rings. The summed E-state index contributed by atoms with van der Waals surface area (Å²) < 4.78 is 0. The van der Waals surface area contributed by atoms with Crippen LogP contribution in [0.1, 0.15) is 108 Å². The van der Waals surface area contributed by atoms with Crippen molar-refractivity contribution in [2.24, 2.45) is 28.4 Å². The zero-order valence-corrected chi connectivity index (χ0v) is 28.1. The molecule has 252 valence electrons. The number of phenols is 1. The fourth-order valence-corrected chi connectivity index (χ4v) is 10.4. The Kier molecular flexibility index (Phi) is 8.30. The molecular weight excluding hydrogens is 594 g/mol. The first-order chi connectivity index (χ1) is 22.1. The van der Waals surface area contributed by atoms with E-state index in [1.165, 1.54) is 11.1 Å². The van der Waals surface area contributed by atoms with Crippen molar-refractivity contribution < 1.29 is 29.4 Å². The molecule has 47 heavy (non-hydrogen) atoms. The summed E-state index contributed by atoms with van der Waals surface area (Å²) in [7, 11) is 0. The number of imide groups is 1. The SMILES string of the molecule is C[C@]1(C(=O)NC(=O)[C@@]2(C)CCC[C@]3(C)c4cc(NC(=O)[C@@H](N)CC(=O)O)ccc4CC[C@@H]23)CCC[C@]2(C)c3cc(O)ccc3CC[C@@H]12. The molecule has 0 saturated heterocycles. The third kappa shape index (κ3) is 5.44. The van der Waals surface area contributed by atoms with Crippen LogP contribution < -0.4 is 16.4 Å². The van der Waals surface area contributed by atoms with Gasteiger partial charge in [0, 0.05) is 5.69 Å². The Balaban J connectivity index is 1.23. The highest BCUT2D eigenvalue weighted by Gasteiger charge is 2.58. The molecule has 0 unspecified atom stereocenters. The van der Waals surface area contributed by atoms with Crippen LogP contribution in [0, 0.1) is 22.7 Å². The monoisotopic (exact) mass is 643 g/mol. The van der Waals surface area contributed by atoms with Crippen LogP contribution in [0.25, 0.3) is 0 Å². The average molecular weight is 644 g/mol. The number of carbonyl (C=O) groups is 4. The van der Waals surface area contributed by atoms with Gasteiger partial charge in [0.05, 0.1) is 23.3 Å². The average Bonchev–Trinajstić information content (AvgIpc) is 3.01. The first kappa shape index (κ1) is 33.2. The second-order valence-electron chi connectivity index (χ2n) is 15.7. The van der Waals surface area contributed by atoms with E-state index in [1.807, 2.05) is 44.2 Å². The molecule has 2 saturated carbocycles. The predicted molar refractivity (Wildman–Crippen MR) is 179 cm³/mol. The van der Waals surface area contributed by atoms with Crippen LogP contribution in [0.4, 0.5) is 5.69 Å². The highest BCUT2D eigenvalue weighted by Crippen LogP contribution is 2.59. The molecule has 9 nitrogen and oxygen atoms in total. The lowest BCUT2D eigenvalue weighted by Crippen LogP contribution is -2.60. The quantitative estimate of drug-likeness (QED) is 0.260. The van der Waals surface area contributed by atoms with E-state index in [1.54, 1.807) is 6.07 Å². The topological polar surface area (TPSA) is 159 Å². The summed E-state index contributed by atoms with van der Waals surface area (Å²) in [5.41, 5.74) is 8.90. The number of amides is 3. The first-order valence-electron chi connectivity index (χ1n) is 17.2. The van der Waals surface area contributed by atoms with Gasteiger partial charge in [-0.15, -0.1) is 0 Å². The van der Waals surface area contributed by atoms with E-state index in [9.17, 15) is 24.3 Å². The number of aryl methyl sites for hydroxylation is 2. The van der Waals surface area contributed by atoms with Gasteiger partial charge in [0.1, 0.15) is 5.75 Å². The molecule has 6 rings (SSSR count). The maximum absolute atomic E-state index is 14.4. The Labute approximate surface area is 277 Å². The summed E-state index contributed by atoms with van der Waals surface area (Å²) in [6, 6.07) is 10.3. The van der Waals surface area contributed by atoms with Crippen molar-refractivity contribution in [1.29, 1.82) is 0 Å². The Hall–Kier alpha value is -3.72. The standard InChI is InChI=1S/C38H49N3O6/c1-35-15-5-17-37(3,29(35)13-9-22-7-11-24(19-26(22)35)40-32(45)28(39)21-31(43)44)33(46)41-34(47)38(4)18-6-16-36(2)27-20-25(42)12-8-23(27)10-14-30(36)38/h7-8,11-12,19-20,28-30,42H,5-6,9-10,13-18,21,39H2,1-4H3,(H,40,45)(H,43,44)(H,41,46,47)/t28-,29+,30+,35+,36+,37-,38-/m0/s1.